The summed E-state index contributed by atoms with van der Waals surface area (Å²) in [5, 5.41) is 0. The maximum atomic E-state index is 13.1. The fourth-order valence-electron chi connectivity index (χ4n) is 2.42. The predicted octanol–water partition coefficient (Wildman–Crippen LogP) is 2.65. The molecule has 2 rings (SSSR count). The van der Waals surface area contributed by atoms with Gasteiger partial charge in [-0.05, 0) is 27.7 Å². The Morgan fingerprint density at radius 1 is 1.06 bits per heavy atom. The van der Waals surface area contributed by atoms with Gasteiger partial charge in [0.15, 0.2) is 17.8 Å². The van der Waals surface area contributed by atoms with Crippen LogP contribution in [-0.2, 0) is 43.8 Å². The molecule has 36 heavy (non-hydrogen) atoms. The Morgan fingerprint density at radius 3 is 2.17 bits per heavy atom. The number of rotatable bonds is 13. The van der Waals surface area contributed by atoms with Crippen LogP contribution in [-0.4, -0.2) is 70.1 Å². The summed E-state index contributed by atoms with van der Waals surface area (Å²) < 4.78 is 49.4. The highest BCUT2D eigenvalue weighted by atomic mass is 31.2. The zero-order valence-corrected chi connectivity index (χ0v) is 21.1. The largest absolute Gasteiger partial charge is 0.510 e. The summed E-state index contributed by atoms with van der Waals surface area (Å²) in [6, 6.07) is 0. The highest BCUT2D eigenvalue weighted by Gasteiger charge is 2.29. The molecule has 0 unspecified atom stereocenters. The summed E-state index contributed by atoms with van der Waals surface area (Å²) in [6.07, 6.45) is 3.65. The van der Waals surface area contributed by atoms with Gasteiger partial charge in [-0.25, -0.2) is 24.5 Å². The number of nitrogens with two attached hydrogens (primary N) is 1. The van der Waals surface area contributed by atoms with Crippen molar-refractivity contribution >= 4 is 36.9 Å². The van der Waals surface area contributed by atoms with E-state index in [1.807, 2.05) is 0 Å². The molecule has 1 atom stereocenters. The number of terminal acetylenes is 1. The van der Waals surface area contributed by atoms with E-state index in [4.69, 9.17) is 44.9 Å². The second kappa shape index (κ2) is 13.6. The maximum Gasteiger partial charge on any atom is 0.510 e. The molecule has 0 aliphatic heterocycles. The Labute approximate surface area is 207 Å². The third kappa shape index (κ3) is 9.31. The highest BCUT2D eigenvalue weighted by Crippen LogP contribution is 2.48. The van der Waals surface area contributed by atoms with Crippen molar-refractivity contribution in [2.75, 3.05) is 25.7 Å². The number of fused-ring (bicyclic) bond motifs is 1. The Morgan fingerprint density at radius 2 is 1.64 bits per heavy atom. The lowest BCUT2D eigenvalue weighted by atomic mass is 10.3. The summed E-state index contributed by atoms with van der Waals surface area (Å²) >= 11 is 0. The summed E-state index contributed by atoms with van der Waals surface area (Å²) in [5.41, 5.74) is 6.57. The monoisotopic (exact) mass is 529 g/mol. The molecule has 0 saturated heterocycles. The zero-order chi connectivity index (χ0) is 26.7. The Hall–Kier alpha value is -3.44. The lowest BCUT2D eigenvalue weighted by Gasteiger charge is -2.20. The van der Waals surface area contributed by atoms with E-state index in [0.29, 0.717) is 11.2 Å². The average molecular weight is 529 g/mol. The fraction of sp³-hybridized carbons (Fsp3) is 0.550. The fourth-order valence-corrected chi connectivity index (χ4v) is 3.43. The van der Waals surface area contributed by atoms with Crippen molar-refractivity contribution in [3.8, 4) is 12.3 Å². The minimum atomic E-state index is -4.17. The molecule has 2 aromatic heterocycles. The van der Waals surface area contributed by atoms with Crippen LogP contribution in [0.25, 0.3) is 11.2 Å². The molecule has 0 spiro atoms. The lowest BCUT2D eigenvalue weighted by molar-refractivity contribution is -0.0357. The van der Waals surface area contributed by atoms with E-state index in [-0.39, 0.29) is 12.4 Å². The number of imidazole rings is 1. The lowest BCUT2D eigenvalue weighted by Crippen LogP contribution is -2.21. The van der Waals surface area contributed by atoms with E-state index in [1.54, 1.807) is 32.3 Å². The molecule has 0 amide bonds. The van der Waals surface area contributed by atoms with Gasteiger partial charge in [-0.3, -0.25) is 13.6 Å². The number of nitrogen functional groups attached to an aromatic ring is 1. The Bertz CT molecular complexity index is 1080. The molecule has 2 N–H and O–H groups in total. The van der Waals surface area contributed by atoms with Crippen molar-refractivity contribution in [2.24, 2.45) is 0 Å². The second-order valence-corrected chi connectivity index (χ2v) is 9.50. The number of ether oxygens (including phenoxy) is 5. The second-order valence-electron chi connectivity index (χ2n) is 7.51. The minimum absolute atomic E-state index is 0.0535. The molecule has 16 heteroatoms. The van der Waals surface area contributed by atoms with Gasteiger partial charge in [0.25, 0.3) is 0 Å². The number of aromatic nitrogens is 4. The van der Waals surface area contributed by atoms with Gasteiger partial charge in [-0.2, -0.15) is 0 Å². The van der Waals surface area contributed by atoms with Crippen LogP contribution in [0.3, 0.4) is 0 Å². The highest BCUT2D eigenvalue weighted by molar-refractivity contribution is 7.53. The van der Waals surface area contributed by atoms with Gasteiger partial charge in [0, 0.05) is 0 Å². The molecule has 2 aromatic rings. The molecule has 198 valence electrons. The van der Waals surface area contributed by atoms with Crippen LogP contribution in [0.15, 0.2) is 12.7 Å². The van der Waals surface area contributed by atoms with Crippen LogP contribution in [0, 0.1) is 12.3 Å². The standard InChI is InChI=1S/C20H28N5O10P/c1-6-15(7-25-9-24-16-17(21)22-8-23-18(16)25)31-12-36(28,32-10-29-19(26)34-13(2)3)33-11-30-20(27)35-14(4)5/h1,8-9,13-15H,7,10-12H2,2-5H3,(H2,21,22,23)/t15-/m1/s1. The van der Waals surface area contributed by atoms with Crippen molar-refractivity contribution in [1.29, 1.82) is 0 Å². The summed E-state index contributed by atoms with van der Waals surface area (Å²) in [5.74, 6) is 2.59. The minimum Gasteiger partial charge on any atom is -0.432 e. The quantitative estimate of drug-likeness (QED) is 0.173. The number of carbonyl (C=O) groups is 2. The van der Waals surface area contributed by atoms with Crippen molar-refractivity contribution in [2.45, 2.75) is 52.6 Å². The van der Waals surface area contributed by atoms with Crippen LogP contribution in [0.2, 0.25) is 0 Å². The van der Waals surface area contributed by atoms with Gasteiger partial charge >= 0.3 is 19.9 Å². The first-order chi connectivity index (χ1) is 17.0. The van der Waals surface area contributed by atoms with E-state index < -0.39 is 58.2 Å². The Balaban J connectivity index is 2.01. The van der Waals surface area contributed by atoms with Crippen molar-refractivity contribution < 1.29 is 46.9 Å². The van der Waals surface area contributed by atoms with E-state index in [9.17, 15) is 14.2 Å². The van der Waals surface area contributed by atoms with Crippen LogP contribution in [0.1, 0.15) is 27.7 Å². The van der Waals surface area contributed by atoms with Crippen molar-refractivity contribution in [3.63, 3.8) is 0 Å². The van der Waals surface area contributed by atoms with Crippen LogP contribution in [0.5, 0.6) is 0 Å². The molecule has 0 saturated carbocycles. The van der Waals surface area contributed by atoms with Gasteiger partial charge in [0.05, 0.1) is 25.1 Å². The molecular weight excluding hydrogens is 501 g/mol. The Kier molecular flexibility index (Phi) is 10.9. The summed E-state index contributed by atoms with van der Waals surface area (Å²) in [4.78, 5) is 35.2. The maximum absolute atomic E-state index is 13.1. The van der Waals surface area contributed by atoms with Crippen LogP contribution in [0.4, 0.5) is 15.4 Å². The van der Waals surface area contributed by atoms with Gasteiger partial charge in [-0.15, -0.1) is 6.42 Å². The third-order valence-corrected chi connectivity index (χ3v) is 5.39. The predicted molar refractivity (Wildman–Crippen MR) is 123 cm³/mol. The van der Waals surface area contributed by atoms with Crippen LogP contribution < -0.4 is 5.73 Å². The van der Waals surface area contributed by atoms with Crippen molar-refractivity contribution in [1.82, 2.24) is 19.5 Å². The summed E-state index contributed by atoms with van der Waals surface area (Å²) in [6.45, 7) is 4.90. The molecule has 0 radical (unpaired) electrons. The van der Waals surface area contributed by atoms with E-state index in [1.165, 1.54) is 12.7 Å². The molecule has 2 heterocycles. The number of hydrogen-bond acceptors (Lipinski definition) is 14. The van der Waals surface area contributed by atoms with Gasteiger partial charge in [0.2, 0.25) is 13.6 Å². The van der Waals surface area contributed by atoms with Gasteiger partial charge in [0.1, 0.15) is 17.9 Å². The third-order valence-electron chi connectivity index (χ3n) is 3.93. The average Bonchev–Trinajstić information content (AvgIpc) is 3.19. The van der Waals surface area contributed by atoms with Gasteiger partial charge in [-0.1, -0.05) is 5.92 Å². The van der Waals surface area contributed by atoms with Gasteiger partial charge < -0.3 is 34.0 Å². The van der Waals surface area contributed by atoms with E-state index in [0.717, 1.165) is 0 Å². The molecule has 0 fully saturated rings. The topological polar surface area (TPSA) is 185 Å². The first kappa shape index (κ1) is 28.8. The molecular formula is C20H28N5O10P. The zero-order valence-electron chi connectivity index (χ0n) is 20.2. The first-order valence-electron chi connectivity index (χ1n) is 10.6. The number of hydrogen-bond donors (Lipinski definition) is 1. The SMILES string of the molecule is C#C[C@H](Cn1cnc2c(N)ncnc21)OCP(=O)(OCOC(=O)OC(C)C)OCOC(=O)OC(C)C. The first-order valence-corrected chi connectivity index (χ1v) is 12.3. The number of carbonyl (C=O) groups excluding carboxylic acids is 2. The van der Waals surface area contributed by atoms with E-state index in [2.05, 4.69) is 20.9 Å². The normalized spacial score (nSPS) is 12.4. The molecule has 0 bridgehead atoms. The molecule has 0 aromatic carbocycles. The molecule has 0 aliphatic rings. The summed E-state index contributed by atoms with van der Waals surface area (Å²) in [7, 11) is -4.17. The van der Waals surface area contributed by atoms with Crippen molar-refractivity contribution in [3.05, 3.63) is 12.7 Å². The van der Waals surface area contributed by atoms with Crippen LogP contribution >= 0.6 is 7.60 Å². The molecule has 0 aliphatic carbocycles. The number of nitrogens with zero attached hydrogens (tertiary/aromatic N) is 4. The van der Waals surface area contributed by atoms with E-state index >= 15 is 0 Å². The molecule has 15 nitrogen and oxygen atoms in total. The smallest absolute Gasteiger partial charge is 0.432 e. The number of anilines is 1.